The molecule has 1 N–H and O–H groups in total. The molecule has 5 nitrogen and oxygen atoms in total. The number of methoxy groups -OCH3 is 1. The van der Waals surface area contributed by atoms with Crippen molar-refractivity contribution in [1.29, 1.82) is 0 Å². The lowest BCUT2D eigenvalue weighted by atomic mass is 10.1. The maximum absolute atomic E-state index is 13.4. The van der Waals surface area contributed by atoms with Gasteiger partial charge in [-0.05, 0) is 72.3 Å². The van der Waals surface area contributed by atoms with Gasteiger partial charge in [-0.2, -0.15) is 0 Å². The van der Waals surface area contributed by atoms with Crippen LogP contribution >= 0.6 is 0 Å². The van der Waals surface area contributed by atoms with Crippen LogP contribution in [0.2, 0.25) is 0 Å². The topological polar surface area (TPSA) is 62.1 Å². The molecule has 0 radical (unpaired) electrons. The van der Waals surface area contributed by atoms with Gasteiger partial charge in [-0.3, -0.25) is 9.69 Å². The molecule has 3 aromatic rings. The van der Waals surface area contributed by atoms with Gasteiger partial charge in [0.25, 0.3) is 5.91 Å². The van der Waals surface area contributed by atoms with Crippen molar-refractivity contribution in [2.75, 3.05) is 12.0 Å². The number of amidine groups is 1. The largest absolute Gasteiger partial charge is 0.508 e. The summed E-state index contributed by atoms with van der Waals surface area (Å²) in [5.41, 5.74) is 2.15. The predicted molar refractivity (Wildman–Crippen MR) is 110 cm³/mol. The van der Waals surface area contributed by atoms with Crippen molar-refractivity contribution in [3.8, 4) is 11.5 Å². The predicted octanol–water partition coefficient (Wildman–Crippen LogP) is 4.37. The Morgan fingerprint density at radius 1 is 1.03 bits per heavy atom. The first kappa shape index (κ1) is 18.4. The third-order valence-corrected chi connectivity index (χ3v) is 4.47. The van der Waals surface area contributed by atoms with E-state index in [0.29, 0.717) is 22.8 Å². The Kier molecular flexibility index (Phi) is 4.83. The third kappa shape index (κ3) is 3.73. The van der Waals surface area contributed by atoms with E-state index in [1.807, 2.05) is 18.2 Å². The van der Waals surface area contributed by atoms with Gasteiger partial charge in [0.05, 0.1) is 12.8 Å². The zero-order valence-electron chi connectivity index (χ0n) is 15.5. The Labute approximate surface area is 167 Å². The molecule has 0 unspecified atom stereocenters. The van der Waals surface area contributed by atoms with E-state index in [0.717, 1.165) is 5.56 Å². The molecular formula is C23H17FN2O3. The van der Waals surface area contributed by atoms with Crippen LogP contribution in [-0.4, -0.2) is 24.0 Å². The van der Waals surface area contributed by atoms with Crippen molar-refractivity contribution < 1.29 is 19.0 Å². The minimum absolute atomic E-state index is 0.0906. The second-order valence-corrected chi connectivity index (χ2v) is 6.41. The minimum Gasteiger partial charge on any atom is -0.508 e. The normalized spacial score (nSPS) is 15.0. The number of amides is 1. The molecule has 0 fully saturated rings. The number of nitrogens with zero attached hydrogens (tertiary/aromatic N) is 2. The summed E-state index contributed by atoms with van der Waals surface area (Å²) in [6.45, 7) is 0. The number of carbonyl (C=O) groups excluding carboxylic acids is 1. The molecule has 0 aliphatic carbocycles. The Morgan fingerprint density at radius 3 is 2.45 bits per heavy atom. The molecular weight excluding hydrogens is 371 g/mol. The molecule has 1 heterocycles. The number of carbonyl (C=O) groups is 1. The highest BCUT2D eigenvalue weighted by Gasteiger charge is 2.32. The van der Waals surface area contributed by atoms with Gasteiger partial charge in [0.15, 0.2) is 0 Å². The number of anilines is 1. The number of halogens is 1. The van der Waals surface area contributed by atoms with E-state index in [2.05, 4.69) is 4.99 Å². The van der Waals surface area contributed by atoms with Gasteiger partial charge in [0, 0.05) is 5.56 Å². The summed E-state index contributed by atoms with van der Waals surface area (Å²) in [6.07, 6.45) is 1.68. The fraction of sp³-hybridized carbons (Fsp3) is 0.0435. The second kappa shape index (κ2) is 7.59. The molecule has 1 amide bonds. The Balaban J connectivity index is 1.81. The van der Waals surface area contributed by atoms with Gasteiger partial charge < -0.3 is 9.84 Å². The summed E-state index contributed by atoms with van der Waals surface area (Å²) in [7, 11) is 1.57. The molecule has 1 aliphatic heterocycles. The van der Waals surface area contributed by atoms with Gasteiger partial charge in [-0.1, -0.05) is 12.1 Å². The third-order valence-electron chi connectivity index (χ3n) is 4.47. The highest BCUT2D eigenvalue weighted by molar-refractivity contribution is 6.33. The van der Waals surface area contributed by atoms with Gasteiger partial charge in [-0.15, -0.1) is 0 Å². The fourth-order valence-corrected chi connectivity index (χ4v) is 3.04. The minimum atomic E-state index is -0.373. The first-order chi connectivity index (χ1) is 14.0. The van der Waals surface area contributed by atoms with Crippen LogP contribution in [0, 0.1) is 5.82 Å². The second-order valence-electron chi connectivity index (χ2n) is 6.41. The molecule has 1 aliphatic rings. The zero-order valence-corrected chi connectivity index (χ0v) is 15.5. The van der Waals surface area contributed by atoms with Gasteiger partial charge in [-0.25, -0.2) is 9.38 Å². The lowest BCUT2D eigenvalue weighted by molar-refractivity contribution is -0.113. The van der Waals surface area contributed by atoms with E-state index in [1.54, 1.807) is 43.5 Å². The first-order valence-electron chi connectivity index (χ1n) is 8.89. The Morgan fingerprint density at radius 2 is 1.76 bits per heavy atom. The molecule has 3 aromatic carbocycles. The average molecular weight is 388 g/mol. The van der Waals surface area contributed by atoms with E-state index < -0.39 is 0 Å². The quantitative estimate of drug-likeness (QED) is 0.675. The number of phenols is 1. The number of phenolic OH excluding ortho intramolecular Hbond substituents is 1. The highest BCUT2D eigenvalue weighted by atomic mass is 19.1. The van der Waals surface area contributed by atoms with Gasteiger partial charge in [0.2, 0.25) is 0 Å². The van der Waals surface area contributed by atoms with E-state index >= 15 is 0 Å². The molecule has 0 bridgehead atoms. The van der Waals surface area contributed by atoms with Crippen molar-refractivity contribution >= 4 is 23.5 Å². The van der Waals surface area contributed by atoms with E-state index in [1.165, 1.54) is 29.2 Å². The lowest BCUT2D eigenvalue weighted by Gasteiger charge is -2.18. The number of ether oxygens (including phenoxy) is 1. The standard InChI is InChI=1S/C23H17FN2O3/c1-29-20-4-2-3-15(13-20)14-21-23(28)26(18-9-11-19(27)12-10-18)22(25-21)16-5-7-17(24)8-6-16/h2-14,27H,1H3/b21-14+. The van der Waals surface area contributed by atoms with E-state index in [9.17, 15) is 14.3 Å². The van der Waals surface area contributed by atoms with Crippen molar-refractivity contribution in [2.45, 2.75) is 0 Å². The number of benzene rings is 3. The Hall–Kier alpha value is -3.93. The van der Waals surface area contributed by atoms with Crippen LogP contribution in [0.5, 0.6) is 11.5 Å². The summed E-state index contributed by atoms with van der Waals surface area (Å²) >= 11 is 0. The van der Waals surface area contributed by atoms with Crippen LogP contribution in [0.25, 0.3) is 6.08 Å². The van der Waals surface area contributed by atoms with E-state index in [4.69, 9.17) is 4.74 Å². The molecule has 144 valence electrons. The molecule has 0 saturated carbocycles. The van der Waals surface area contributed by atoms with E-state index in [-0.39, 0.29) is 23.2 Å². The van der Waals surface area contributed by atoms with Crippen LogP contribution in [0.15, 0.2) is 83.5 Å². The Bertz CT molecular complexity index is 1120. The van der Waals surface area contributed by atoms with Crippen LogP contribution in [0.4, 0.5) is 10.1 Å². The van der Waals surface area contributed by atoms with Crippen LogP contribution < -0.4 is 9.64 Å². The number of hydrogen-bond acceptors (Lipinski definition) is 4. The summed E-state index contributed by atoms with van der Waals surface area (Å²) in [5, 5.41) is 9.58. The molecule has 0 atom stereocenters. The number of rotatable bonds is 4. The summed E-state index contributed by atoms with van der Waals surface area (Å²) < 4.78 is 18.6. The maximum atomic E-state index is 13.4. The van der Waals surface area contributed by atoms with Crippen molar-refractivity contribution in [3.63, 3.8) is 0 Å². The monoisotopic (exact) mass is 388 g/mol. The van der Waals surface area contributed by atoms with Gasteiger partial charge >= 0.3 is 0 Å². The molecule has 0 spiro atoms. The average Bonchev–Trinajstić information content (AvgIpc) is 3.05. The van der Waals surface area contributed by atoms with Crippen molar-refractivity contribution in [1.82, 2.24) is 0 Å². The van der Waals surface area contributed by atoms with Crippen LogP contribution in [-0.2, 0) is 4.79 Å². The molecule has 0 aromatic heterocycles. The first-order valence-corrected chi connectivity index (χ1v) is 8.89. The maximum Gasteiger partial charge on any atom is 0.282 e. The fourth-order valence-electron chi connectivity index (χ4n) is 3.04. The summed E-state index contributed by atoms with van der Waals surface area (Å²) in [4.78, 5) is 19.1. The molecule has 4 rings (SSSR count). The number of aliphatic imine (C=N–C) groups is 1. The zero-order chi connectivity index (χ0) is 20.4. The molecule has 6 heteroatoms. The molecule has 0 saturated heterocycles. The van der Waals surface area contributed by atoms with Crippen LogP contribution in [0.3, 0.4) is 0 Å². The lowest BCUT2D eigenvalue weighted by Crippen LogP contribution is -2.32. The molecule has 29 heavy (non-hydrogen) atoms. The SMILES string of the molecule is COc1cccc(/C=C2/N=C(c3ccc(F)cc3)N(c3ccc(O)cc3)C2=O)c1. The summed E-state index contributed by atoms with van der Waals surface area (Å²) in [6, 6.07) is 19.3. The van der Waals surface area contributed by atoms with Crippen molar-refractivity contribution in [2.24, 2.45) is 4.99 Å². The highest BCUT2D eigenvalue weighted by Crippen LogP contribution is 2.29. The number of hydrogen-bond donors (Lipinski definition) is 1. The summed E-state index contributed by atoms with van der Waals surface area (Å²) in [5.74, 6) is 0.449. The van der Waals surface area contributed by atoms with Crippen LogP contribution in [0.1, 0.15) is 11.1 Å². The smallest absolute Gasteiger partial charge is 0.282 e. The number of aromatic hydroxyl groups is 1. The van der Waals surface area contributed by atoms with Gasteiger partial charge in [0.1, 0.15) is 28.8 Å². The van der Waals surface area contributed by atoms with Crippen molar-refractivity contribution in [3.05, 3.63) is 95.4 Å².